The van der Waals surface area contributed by atoms with Crippen LogP contribution in [0.4, 0.5) is 10.1 Å². The molecule has 0 aliphatic carbocycles. The average Bonchev–Trinajstić information content (AvgIpc) is 3.41. The van der Waals surface area contributed by atoms with E-state index >= 15 is 0 Å². The molecule has 0 saturated heterocycles. The fourth-order valence-electron chi connectivity index (χ4n) is 4.07. The van der Waals surface area contributed by atoms with Gasteiger partial charge in [-0.25, -0.2) is 19.5 Å². The molecule has 0 bridgehead atoms. The Morgan fingerprint density at radius 2 is 1.78 bits per heavy atom. The third kappa shape index (κ3) is 4.85. The molecule has 9 nitrogen and oxygen atoms in total. The largest absolute Gasteiger partial charge is 0.382 e. The number of anilines is 1. The van der Waals surface area contributed by atoms with Crippen molar-refractivity contribution in [3.8, 4) is 22.5 Å². The van der Waals surface area contributed by atoms with E-state index in [4.69, 9.17) is 11.6 Å². The maximum atomic E-state index is 14.9. The minimum atomic E-state index is -1.14. The highest BCUT2D eigenvalue weighted by Gasteiger charge is 2.21. The van der Waals surface area contributed by atoms with Crippen LogP contribution in [0.1, 0.15) is 43.9 Å². The molecule has 0 fully saturated rings. The quantitative estimate of drug-likeness (QED) is 0.274. The zero-order valence-corrected chi connectivity index (χ0v) is 21.3. The molecule has 0 saturated carbocycles. The smallest absolute Gasteiger partial charge is 0.179 e. The van der Waals surface area contributed by atoms with Crippen molar-refractivity contribution < 1.29 is 9.50 Å². The maximum absolute atomic E-state index is 14.9. The van der Waals surface area contributed by atoms with Crippen LogP contribution < -0.4 is 5.32 Å². The summed E-state index contributed by atoms with van der Waals surface area (Å²) in [4.78, 5) is 13.2. The van der Waals surface area contributed by atoms with Crippen LogP contribution in [0.5, 0.6) is 0 Å². The lowest BCUT2D eigenvalue weighted by molar-refractivity contribution is 0.0687. The molecule has 0 amide bonds. The predicted octanol–water partition coefficient (Wildman–Crippen LogP) is 5.37. The molecule has 3 heterocycles. The molecule has 3 aromatic heterocycles. The number of rotatable bonds is 6. The van der Waals surface area contributed by atoms with Gasteiger partial charge < -0.3 is 10.4 Å². The highest BCUT2D eigenvalue weighted by atomic mass is 35.5. The van der Waals surface area contributed by atoms with Crippen molar-refractivity contribution in [3.05, 3.63) is 76.7 Å². The second-order valence-electron chi connectivity index (χ2n) is 9.32. The Labute approximate surface area is 217 Å². The summed E-state index contributed by atoms with van der Waals surface area (Å²) in [6.45, 7) is 6.95. The summed E-state index contributed by atoms with van der Waals surface area (Å²) < 4.78 is 14.9. The van der Waals surface area contributed by atoms with Crippen molar-refractivity contribution in [1.82, 2.24) is 35.6 Å². The Morgan fingerprint density at radius 3 is 2.46 bits per heavy atom. The van der Waals surface area contributed by atoms with Crippen LogP contribution in [0.15, 0.2) is 48.8 Å². The fourth-order valence-corrected chi connectivity index (χ4v) is 4.27. The molecule has 0 aliphatic heterocycles. The molecule has 0 radical (unpaired) electrons. The van der Waals surface area contributed by atoms with Crippen LogP contribution >= 0.6 is 11.6 Å². The number of benzene rings is 2. The Hall–Kier alpha value is -4.02. The lowest BCUT2D eigenvalue weighted by Gasteiger charge is -2.21. The Balaban J connectivity index is 1.55. The third-order valence-corrected chi connectivity index (χ3v) is 6.53. The van der Waals surface area contributed by atoms with Crippen molar-refractivity contribution in [1.29, 1.82) is 0 Å². The van der Waals surface area contributed by atoms with Crippen LogP contribution in [-0.4, -0.2) is 40.7 Å². The number of nitrogens with zero attached hydrogens (tertiary/aromatic N) is 6. The molecule has 188 valence electrons. The highest BCUT2D eigenvalue weighted by molar-refractivity contribution is 6.35. The number of nitrogens with one attached hydrogen (secondary N) is 2. The summed E-state index contributed by atoms with van der Waals surface area (Å²) in [5.41, 5.74) is 3.59. The first-order chi connectivity index (χ1) is 17.6. The number of hydrogen-bond donors (Lipinski definition) is 3. The highest BCUT2D eigenvalue weighted by Crippen LogP contribution is 2.37. The van der Waals surface area contributed by atoms with Crippen molar-refractivity contribution >= 4 is 28.2 Å². The number of aliphatic hydroxyl groups is 1. The molecule has 11 heteroatoms. The zero-order valence-electron chi connectivity index (χ0n) is 20.6. The number of hydrogen-bond acceptors (Lipinski definition) is 8. The first-order valence-corrected chi connectivity index (χ1v) is 11.9. The van der Waals surface area contributed by atoms with Gasteiger partial charge >= 0.3 is 0 Å². The molecule has 3 N–H and O–H groups in total. The number of fused-ring (bicyclic) bond motifs is 1. The van der Waals surface area contributed by atoms with Gasteiger partial charge in [-0.1, -0.05) is 17.7 Å². The number of H-pyrrole nitrogens is 1. The topological polar surface area (TPSA) is 125 Å². The van der Waals surface area contributed by atoms with Crippen LogP contribution in [0.25, 0.3) is 33.4 Å². The van der Waals surface area contributed by atoms with Crippen LogP contribution in [0.2, 0.25) is 5.02 Å². The van der Waals surface area contributed by atoms with E-state index in [1.807, 2.05) is 32.0 Å². The Morgan fingerprint density at radius 1 is 1.05 bits per heavy atom. The Bertz CT molecular complexity index is 1580. The monoisotopic (exact) mass is 518 g/mol. The zero-order chi connectivity index (χ0) is 26.3. The van der Waals surface area contributed by atoms with Gasteiger partial charge in [0.25, 0.3) is 0 Å². The van der Waals surface area contributed by atoms with Crippen molar-refractivity contribution in [2.75, 3.05) is 5.32 Å². The van der Waals surface area contributed by atoms with Gasteiger partial charge in [0.1, 0.15) is 11.4 Å². The van der Waals surface area contributed by atoms with Crippen molar-refractivity contribution in [2.24, 2.45) is 0 Å². The van der Waals surface area contributed by atoms with E-state index in [1.165, 1.54) is 6.07 Å². The molecule has 1 atom stereocenters. The summed E-state index contributed by atoms with van der Waals surface area (Å²) in [5.74, 6) is 0.408. The molecular formula is C26H24ClFN8O. The first kappa shape index (κ1) is 24.7. The van der Waals surface area contributed by atoms with Gasteiger partial charge in [-0.3, -0.25) is 4.98 Å². The second-order valence-corrected chi connectivity index (χ2v) is 9.70. The second kappa shape index (κ2) is 9.45. The minimum Gasteiger partial charge on any atom is -0.382 e. The fraction of sp³-hybridized carbons (Fsp3) is 0.231. The number of pyridine rings is 1. The molecular weight excluding hydrogens is 495 g/mol. The van der Waals surface area contributed by atoms with E-state index in [9.17, 15) is 9.50 Å². The normalized spacial score (nSPS) is 12.6. The molecule has 0 spiro atoms. The molecule has 5 aromatic rings. The van der Waals surface area contributed by atoms with Gasteiger partial charge in [-0.05, 0) is 74.0 Å². The lowest BCUT2D eigenvalue weighted by atomic mass is 10.0. The van der Waals surface area contributed by atoms with Crippen molar-refractivity contribution in [3.63, 3.8) is 0 Å². The molecule has 1 unspecified atom stereocenters. The number of aromatic amines is 1. The van der Waals surface area contributed by atoms with E-state index in [2.05, 4.69) is 40.9 Å². The molecule has 2 aromatic carbocycles. The van der Waals surface area contributed by atoms with E-state index in [1.54, 1.807) is 38.4 Å². The summed E-state index contributed by atoms with van der Waals surface area (Å²) in [6.07, 6.45) is 3.33. The van der Waals surface area contributed by atoms with Gasteiger partial charge in [0.05, 0.1) is 28.0 Å². The molecule has 5 rings (SSSR count). The van der Waals surface area contributed by atoms with Gasteiger partial charge in [0.15, 0.2) is 11.6 Å². The summed E-state index contributed by atoms with van der Waals surface area (Å²) in [7, 11) is 0. The average molecular weight is 519 g/mol. The SMILES string of the molecule is Cc1nc2ccc(-c3cnc(C(C)(C)O)nc3)cc2c(NC(C)c2cc(-c3nnn[nH]3)ccc2F)c1Cl. The van der Waals surface area contributed by atoms with Gasteiger partial charge in [-0.15, -0.1) is 5.10 Å². The summed E-state index contributed by atoms with van der Waals surface area (Å²) in [6, 6.07) is 10.0. The first-order valence-electron chi connectivity index (χ1n) is 11.6. The van der Waals surface area contributed by atoms with E-state index in [-0.39, 0.29) is 5.82 Å². The maximum Gasteiger partial charge on any atom is 0.179 e. The van der Waals surface area contributed by atoms with E-state index in [0.29, 0.717) is 39.2 Å². The predicted molar refractivity (Wildman–Crippen MR) is 139 cm³/mol. The van der Waals surface area contributed by atoms with E-state index < -0.39 is 11.6 Å². The number of aryl methyl sites for hydroxylation is 1. The van der Waals surface area contributed by atoms with Gasteiger partial charge in [0.2, 0.25) is 0 Å². The lowest BCUT2D eigenvalue weighted by Crippen LogP contribution is -2.19. The number of tetrazole rings is 1. The van der Waals surface area contributed by atoms with Gasteiger partial charge in [-0.2, -0.15) is 0 Å². The standard InChI is InChI=1S/C26H24ClFN8O/c1-13(18-10-16(5-7-20(18)28)24-33-35-36-34-24)32-23-19-9-15(6-8-21(19)31-14(2)22(23)27)17-11-29-25(30-12-17)26(3,4)37/h5-13,37H,1-4H3,(H,31,32)(H,33,34,35,36). The summed E-state index contributed by atoms with van der Waals surface area (Å²) in [5, 5.41) is 28.6. The summed E-state index contributed by atoms with van der Waals surface area (Å²) >= 11 is 6.72. The third-order valence-electron chi connectivity index (χ3n) is 6.07. The number of halogens is 2. The molecule has 37 heavy (non-hydrogen) atoms. The van der Waals surface area contributed by atoms with Crippen molar-refractivity contribution in [2.45, 2.75) is 39.3 Å². The van der Waals surface area contributed by atoms with E-state index in [0.717, 1.165) is 22.0 Å². The van der Waals surface area contributed by atoms with Crippen LogP contribution in [0, 0.1) is 12.7 Å². The Kier molecular flexibility index (Phi) is 6.30. The number of aromatic nitrogens is 7. The van der Waals surface area contributed by atoms with Crippen LogP contribution in [0.3, 0.4) is 0 Å². The van der Waals surface area contributed by atoms with Crippen LogP contribution in [-0.2, 0) is 5.60 Å². The minimum absolute atomic E-state index is 0.332. The van der Waals surface area contributed by atoms with Gasteiger partial charge in [0, 0.05) is 34.5 Å². The molecule has 0 aliphatic rings.